The SMILES string of the molecule is Cc1cc(C)c(C)c(-c2cc3c(nc2N)NC(N)(CCCN2CCN(C)CC2)N=C3)c1C. The first-order valence-electron chi connectivity index (χ1n) is 11.6. The number of likely N-dealkylation sites (N-methyl/N-ethyl adjacent to an activating group) is 1. The Morgan fingerprint density at radius 2 is 1.69 bits per heavy atom. The molecule has 0 radical (unpaired) electrons. The van der Waals surface area contributed by atoms with E-state index < -0.39 is 5.79 Å². The van der Waals surface area contributed by atoms with Crippen LogP contribution in [-0.2, 0) is 0 Å². The highest BCUT2D eigenvalue weighted by Crippen LogP contribution is 2.37. The normalized spacial score (nSPS) is 21.4. The summed E-state index contributed by atoms with van der Waals surface area (Å²) in [5, 5.41) is 3.35. The molecule has 0 bridgehead atoms. The van der Waals surface area contributed by atoms with Crippen LogP contribution in [0.3, 0.4) is 0 Å². The Balaban J connectivity index is 1.51. The summed E-state index contributed by atoms with van der Waals surface area (Å²) in [6.45, 7) is 14.1. The summed E-state index contributed by atoms with van der Waals surface area (Å²) >= 11 is 0. The van der Waals surface area contributed by atoms with Crippen LogP contribution in [0.4, 0.5) is 11.6 Å². The number of piperazine rings is 1. The average Bonchev–Trinajstić information content (AvgIpc) is 2.74. The minimum absolute atomic E-state index is 0.516. The Bertz CT molecular complexity index is 1010. The number of anilines is 2. The number of rotatable bonds is 5. The van der Waals surface area contributed by atoms with Crippen LogP contribution >= 0.6 is 0 Å². The van der Waals surface area contributed by atoms with Crippen LogP contribution in [0.2, 0.25) is 0 Å². The number of aryl methyl sites for hydroxylation is 2. The third-order valence-electron chi connectivity index (χ3n) is 7.11. The molecule has 2 aromatic rings. The van der Waals surface area contributed by atoms with Crippen LogP contribution in [0.25, 0.3) is 11.1 Å². The second kappa shape index (κ2) is 8.81. The number of nitrogens with one attached hydrogen (secondary N) is 1. The third-order valence-corrected chi connectivity index (χ3v) is 7.11. The highest BCUT2D eigenvalue weighted by molar-refractivity contribution is 5.94. The summed E-state index contributed by atoms with van der Waals surface area (Å²) in [5.41, 5.74) is 21.1. The molecule has 32 heavy (non-hydrogen) atoms. The molecule has 1 atom stereocenters. The molecular formula is C25H37N7. The third kappa shape index (κ3) is 4.51. The Hall–Kier alpha value is -2.48. The van der Waals surface area contributed by atoms with Crippen LogP contribution < -0.4 is 16.8 Å². The minimum Gasteiger partial charge on any atom is -0.383 e. The van der Waals surface area contributed by atoms with Crippen molar-refractivity contribution in [3.8, 4) is 11.1 Å². The molecule has 7 nitrogen and oxygen atoms in total. The molecule has 1 aromatic carbocycles. The number of benzene rings is 1. The topological polar surface area (TPSA) is 95.8 Å². The first-order chi connectivity index (χ1) is 15.2. The molecule has 0 spiro atoms. The van der Waals surface area contributed by atoms with E-state index >= 15 is 0 Å². The van der Waals surface area contributed by atoms with Gasteiger partial charge in [0.05, 0.1) is 0 Å². The van der Waals surface area contributed by atoms with Crippen LogP contribution in [-0.4, -0.2) is 66.6 Å². The number of aliphatic imine (C=N–C) groups is 1. The van der Waals surface area contributed by atoms with E-state index in [1.807, 2.05) is 6.21 Å². The lowest BCUT2D eigenvalue weighted by molar-refractivity contribution is 0.150. The van der Waals surface area contributed by atoms with E-state index in [2.05, 4.69) is 67.0 Å². The zero-order valence-electron chi connectivity index (χ0n) is 20.1. The Morgan fingerprint density at radius 1 is 1.03 bits per heavy atom. The van der Waals surface area contributed by atoms with Crippen LogP contribution in [0.5, 0.6) is 0 Å². The quantitative estimate of drug-likeness (QED) is 0.668. The maximum Gasteiger partial charge on any atom is 0.183 e. The number of nitrogens with two attached hydrogens (primary N) is 2. The smallest absolute Gasteiger partial charge is 0.183 e. The molecular weight excluding hydrogens is 398 g/mol. The molecule has 2 aliphatic rings. The van der Waals surface area contributed by atoms with Gasteiger partial charge < -0.3 is 20.9 Å². The number of nitrogens with zero attached hydrogens (tertiary/aromatic N) is 4. The van der Waals surface area contributed by atoms with Gasteiger partial charge in [-0.3, -0.25) is 10.7 Å². The second-order valence-electron chi connectivity index (χ2n) is 9.55. The highest BCUT2D eigenvalue weighted by atomic mass is 15.3. The standard InChI is InChI=1S/C25H37N7/c1-16-13-17(2)19(4)22(18(16)3)21-14-20-15-28-25(27,30-24(20)29-23(21)26)7-6-8-32-11-9-31(5)10-12-32/h13-15H,6-12,27H2,1-5H3,(H3,26,29,30). The van der Waals surface area contributed by atoms with Crippen molar-refractivity contribution in [1.82, 2.24) is 14.8 Å². The Morgan fingerprint density at radius 3 is 2.34 bits per heavy atom. The van der Waals surface area contributed by atoms with Gasteiger partial charge in [0, 0.05) is 49.9 Å². The van der Waals surface area contributed by atoms with Gasteiger partial charge in [0.2, 0.25) is 0 Å². The molecule has 172 valence electrons. The van der Waals surface area contributed by atoms with E-state index in [1.54, 1.807) is 0 Å². The molecule has 0 amide bonds. The Labute approximate surface area is 191 Å². The predicted molar refractivity (Wildman–Crippen MR) is 134 cm³/mol. The maximum atomic E-state index is 6.58. The summed E-state index contributed by atoms with van der Waals surface area (Å²) in [5.74, 6) is 0.386. The highest BCUT2D eigenvalue weighted by Gasteiger charge is 2.29. The molecule has 1 fully saturated rings. The maximum absolute atomic E-state index is 6.58. The van der Waals surface area contributed by atoms with Gasteiger partial charge in [0.15, 0.2) is 5.79 Å². The van der Waals surface area contributed by atoms with Crippen molar-refractivity contribution in [3.63, 3.8) is 0 Å². The fraction of sp³-hybridized carbons (Fsp3) is 0.520. The van der Waals surface area contributed by atoms with E-state index in [4.69, 9.17) is 16.5 Å². The van der Waals surface area contributed by atoms with Gasteiger partial charge in [0.1, 0.15) is 11.6 Å². The van der Waals surface area contributed by atoms with E-state index in [-0.39, 0.29) is 0 Å². The van der Waals surface area contributed by atoms with E-state index in [0.717, 1.165) is 56.7 Å². The molecule has 1 aromatic heterocycles. The van der Waals surface area contributed by atoms with Gasteiger partial charge in [-0.15, -0.1) is 0 Å². The largest absolute Gasteiger partial charge is 0.383 e. The lowest BCUT2D eigenvalue weighted by Crippen LogP contribution is -2.49. The van der Waals surface area contributed by atoms with Crippen molar-refractivity contribution in [1.29, 1.82) is 0 Å². The van der Waals surface area contributed by atoms with E-state index in [9.17, 15) is 0 Å². The summed E-state index contributed by atoms with van der Waals surface area (Å²) in [7, 11) is 2.18. The minimum atomic E-state index is -0.841. The second-order valence-corrected chi connectivity index (χ2v) is 9.55. The molecule has 5 N–H and O–H groups in total. The number of fused-ring (bicyclic) bond motifs is 1. The fourth-order valence-corrected chi connectivity index (χ4v) is 4.76. The van der Waals surface area contributed by atoms with E-state index in [0.29, 0.717) is 11.6 Å². The van der Waals surface area contributed by atoms with Crippen molar-refractivity contribution in [3.05, 3.63) is 39.9 Å². The number of hydrogen-bond acceptors (Lipinski definition) is 7. The molecule has 0 saturated carbocycles. The fourth-order valence-electron chi connectivity index (χ4n) is 4.76. The summed E-state index contributed by atoms with van der Waals surface area (Å²) in [6.07, 6.45) is 3.58. The lowest BCUT2D eigenvalue weighted by atomic mass is 9.89. The van der Waals surface area contributed by atoms with Crippen LogP contribution in [0.15, 0.2) is 17.1 Å². The van der Waals surface area contributed by atoms with Crippen molar-refractivity contribution in [2.75, 3.05) is 50.8 Å². The molecule has 0 aliphatic carbocycles. The number of hydrogen-bond donors (Lipinski definition) is 3. The van der Waals surface area contributed by atoms with Gasteiger partial charge in [-0.05, 0) is 81.6 Å². The predicted octanol–water partition coefficient (Wildman–Crippen LogP) is 3.05. The van der Waals surface area contributed by atoms with Crippen molar-refractivity contribution in [2.45, 2.75) is 46.3 Å². The molecule has 1 saturated heterocycles. The van der Waals surface area contributed by atoms with E-state index in [1.165, 1.54) is 27.8 Å². The zero-order chi connectivity index (χ0) is 23.0. The molecule has 7 heteroatoms. The summed E-state index contributed by atoms with van der Waals surface area (Å²) in [6, 6.07) is 4.32. The Kier molecular flexibility index (Phi) is 6.25. The molecule has 2 aliphatic heterocycles. The van der Waals surface area contributed by atoms with Gasteiger partial charge in [0.25, 0.3) is 0 Å². The molecule has 4 rings (SSSR count). The van der Waals surface area contributed by atoms with Crippen LogP contribution in [0, 0.1) is 27.7 Å². The average molecular weight is 436 g/mol. The summed E-state index contributed by atoms with van der Waals surface area (Å²) < 4.78 is 0. The van der Waals surface area contributed by atoms with Gasteiger partial charge in [-0.25, -0.2) is 4.98 Å². The zero-order valence-corrected chi connectivity index (χ0v) is 20.1. The van der Waals surface area contributed by atoms with Crippen molar-refractivity contribution >= 4 is 17.9 Å². The van der Waals surface area contributed by atoms with Gasteiger partial charge in [-0.1, -0.05) is 6.07 Å². The van der Waals surface area contributed by atoms with Crippen LogP contribution in [0.1, 0.15) is 40.7 Å². The lowest BCUT2D eigenvalue weighted by Gasteiger charge is -2.34. The van der Waals surface area contributed by atoms with Gasteiger partial charge >= 0.3 is 0 Å². The number of aromatic nitrogens is 1. The first-order valence-corrected chi connectivity index (χ1v) is 11.6. The number of pyridine rings is 1. The molecule has 3 heterocycles. The molecule has 1 unspecified atom stereocenters. The first kappa shape index (κ1) is 22.7. The van der Waals surface area contributed by atoms with Gasteiger partial charge in [-0.2, -0.15) is 0 Å². The van der Waals surface area contributed by atoms with Crippen molar-refractivity contribution < 1.29 is 0 Å². The number of nitrogen functional groups attached to an aromatic ring is 1. The van der Waals surface area contributed by atoms with Crippen molar-refractivity contribution in [2.24, 2.45) is 10.7 Å². The summed E-state index contributed by atoms with van der Waals surface area (Å²) in [4.78, 5) is 14.3. The monoisotopic (exact) mass is 435 g/mol.